The van der Waals surface area contributed by atoms with Crippen molar-refractivity contribution in [1.29, 1.82) is 0 Å². The molecule has 1 aromatic carbocycles. The second-order valence-electron chi connectivity index (χ2n) is 12.2. The van der Waals surface area contributed by atoms with E-state index in [4.69, 9.17) is 23.9 Å². The number of ether oxygens (including phenoxy) is 4. The third kappa shape index (κ3) is 10.5. The number of piperidine rings is 1. The lowest BCUT2D eigenvalue weighted by Gasteiger charge is -2.47. The van der Waals surface area contributed by atoms with Crippen molar-refractivity contribution in [3.05, 3.63) is 59.3 Å². The molecule has 9 heteroatoms. The molecule has 1 spiro atoms. The molecule has 0 bridgehead atoms. The molecule has 244 valence electrons. The Morgan fingerprint density at radius 2 is 1.80 bits per heavy atom. The number of rotatable bonds is 17. The van der Waals surface area contributed by atoms with E-state index in [-0.39, 0.29) is 11.5 Å². The van der Waals surface area contributed by atoms with Gasteiger partial charge in [-0.25, -0.2) is 4.98 Å². The van der Waals surface area contributed by atoms with Gasteiger partial charge in [-0.2, -0.15) is 0 Å². The molecular formula is C35H54N4O5. The maximum Gasteiger partial charge on any atom is 0.225 e. The quantitative estimate of drug-likeness (QED) is 0.192. The first kappa shape index (κ1) is 34.3. The van der Waals surface area contributed by atoms with E-state index in [9.17, 15) is 4.79 Å². The molecule has 0 saturated carbocycles. The van der Waals surface area contributed by atoms with Crippen molar-refractivity contribution in [1.82, 2.24) is 14.8 Å². The van der Waals surface area contributed by atoms with Gasteiger partial charge in [-0.15, -0.1) is 0 Å². The molecule has 3 heterocycles. The summed E-state index contributed by atoms with van der Waals surface area (Å²) in [4.78, 5) is 24.4. The number of aryl methyl sites for hydroxylation is 1. The molecule has 2 fully saturated rings. The number of amides is 1. The van der Waals surface area contributed by atoms with Gasteiger partial charge in [0.15, 0.2) is 6.29 Å². The lowest BCUT2D eigenvalue weighted by atomic mass is 9.89. The lowest BCUT2D eigenvalue weighted by Crippen LogP contribution is -2.57. The first-order chi connectivity index (χ1) is 21.4. The first-order valence-electron chi connectivity index (χ1n) is 16.5. The number of aromatic nitrogens is 1. The van der Waals surface area contributed by atoms with E-state index in [0.29, 0.717) is 32.7 Å². The summed E-state index contributed by atoms with van der Waals surface area (Å²) in [6.07, 6.45) is 5.95. The summed E-state index contributed by atoms with van der Waals surface area (Å²) < 4.78 is 22.9. The Hall–Kier alpha value is -2.56. The second-order valence-corrected chi connectivity index (χ2v) is 12.2. The summed E-state index contributed by atoms with van der Waals surface area (Å²) >= 11 is 0. The third-order valence-electron chi connectivity index (χ3n) is 8.95. The number of hydrogen-bond donors (Lipinski definition) is 0. The molecule has 4 rings (SSSR count). The molecule has 44 heavy (non-hydrogen) atoms. The second kappa shape index (κ2) is 17.8. The molecule has 1 aromatic heterocycles. The Bertz CT molecular complexity index is 1140. The fraction of sp³-hybridized carbons (Fsp3) is 0.657. The highest BCUT2D eigenvalue weighted by Crippen LogP contribution is 2.32. The molecule has 2 aliphatic heterocycles. The van der Waals surface area contributed by atoms with E-state index in [1.807, 2.05) is 4.90 Å². The Balaban J connectivity index is 1.15. The predicted octanol–water partition coefficient (Wildman–Crippen LogP) is 4.50. The summed E-state index contributed by atoms with van der Waals surface area (Å²) in [7, 11) is 3.20. The average molecular weight is 611 g/mol. The van der Waals surface area contributed by atoms with E-state index in [0.717, 1.165) is 89.4 Å². The van der Waals surface area contributed by atoms with Crippen LogP contribution in [0.2, 0.25) is 0 Å². The highest BCUT2D eigenvalue weighted by Gasteiger charge is 2.40. The molecule has 0 radical (unpaired) electrons. The fourth-order valence-corrected chi connectivity index (χ4v) is 6.16. The zero-order valence-electron chi connectivity index (χ0n) is 27.5. The number of likely N-dealkylation sites (tertiary alicyclic amines) is 1. The van der Waals surface area contributed by atoms with E-state index < -0.39 is 6.29 Å². The van der Waals surface area contributed by atoms with Crippen LogP contribution in [0.25, 0.3) is 0 Å². The van der Waals surface area contributed by atoms with E-state index in [1.54, 1.807) is 14.2 Å². The van der Waals surface area contributed by atoms with E-state index in [2.05, 4.69) is 66.1 Å². The van der Waals surface area contributed by atoms with Crippen molar-refractivity contribution in [2.75, 3.05) is 84.8 Å². The van der Waals surface area contributed by atoms with Crippen molar-refractivity contribution in [3.8, 4) is 0 Å². The molecule has 2 aliphatic rings. The van der Waals surface area contributed by atoms with Crippen LogP contribution >= 0.6 is 0 Å². The summed E-state index contributed by atoms with van der Waals surface area (Å²) in [5.74, 6) is 1.15. The first-order valence-corrected chi connectivity index (χ1v) is 16.5. The van der Waals surface area contributed by atoms with E-state index >= 15 is 0 Å². The number of carbonyl (C=O) groups excluding carboxylic acids is 1. The monoisotopic (exact) mass is 610 g/mol. The number of anilines is 1. The van der Waals surface area contributed by atoms with Crippen LogP contribution < -0.4 is 4.90 Å². The van der Waals surface area contributed by atoms with Crippen molar-refractivity contribution in [2.45, 2.75) is 70.7 Å². The Labute approximate surface area is 264 Å². The van der Waals surface area contributed by atoms with Gasteiger partial charge in [-0.05, 0) is 62.3 Å². The van der Waals surface area contributed by atoms with Gasteiger partial charge in [0.1, 0.15) is 5.82 Å². The smallest absolute Gasteiger partial charge is 0.225 e. The maximum atomic E-state index is 12.8. The zero-order chi connectivity index (χ0) is 31.2. The van der Waals surface area contributed by atoms with Gasteiger partial charge in [0, 0.05) is 59.2 Å². The van der Waals surface area contributed by atoms with Crippen LogP contribution in [0.4, 0.5) is 5.82 Å². The highest BCUT2D eigenvalue weighted by molar-refractivity contribution is 5.76. The number of morpholine rings is 1. The molecule has 2 saturated heterocycles. The topological polar surface area (TPSA) is 76.6 Å². The number of benzene rings is 1. The van der Waals surface area contributed by atoms with Crippen LogP contribution in [-0.4, -0.2) is 112 Å². The maximum absolute atomic E-state index is 12.8. The van der Waals surface area contributed by atoms with Gasteiger partial charge in [0.2, 0.25) is 5.91 Å². The largest absolute Gasteiger partial charge is 0.381 e. The number of unbranched alkanes of at least 4 members (excludes halogenated alkanes) is 1. The normalized spacial score (nSPS) is 17.0. The zero-order valence-corrected chi connectivity index (χ0v) is 27.5. The molecule has 0 aliphatic carbocycles. The standard InChI is InChI=1S/C35H54N4O5/c1-5-6-18-38(27-34(41-3)42-4)33(40)15-24-43-23-14-31-11-8-10-30(26-31)13-19-37-20-16-35(17-21-37)28-39(22-25-44-35)32-12-7-9-29(2)36-32/h7-12,26,34H,5-6,13-25,27-28H2,1-4H3. The minimum atomic E-state index is -0.408. The summed E-state index contributed by atoms with van der Waals surface area (Å²) in [5.41, 5.74) is 3.64. The molecule has 0 N–H and O–H groups in total. The molecule has 1 amide bonds. The van der Waals surface area contributed by atoms with Gasteiger partial charge in [0.25, 0.3) is 0 Å². The van der Waals surface area contributed by atoms with Crippen LogP contribution in [0, 0.1) is 6.92 Å². The minimum absolute atomic E-state index is 0.0607. The molecule has 0 atom stereocenters. The Morgan fingerprint density at radius 1 is 1.05 bits per heavy atom. The van der Waals surface area contributed by atoms with Crippen LogP contribution in [0.15, 0.2) is 42.5 Å². The van der Waals surface area contributed by atoms with Crippen molar-refractivity contribution in [3.63, 3.8) is 0 Å². The molecular weight excluding hydrogens is 556 g/mol. The van der Waals surface area contributed by atoms with Crippen LogP contribution in [0.1, 0.15) is 55.8 Å². The fourth-order valence-electron chi connectivity index (χ4n) is 6.16. The van der Waals surface area contributed by atoms with Gasteiger partial charge < -0.3 is 33.6 Å². The van der Waals surface area contributed by atoms with Crippen LogP contribution in [-0.2, 0) is 36.6 Å². The SMILES string of the molecule is CCCCN(CC(OC)OC)C(=O)CCOCCc1cccc(CCN2CCC3(CC2)CN(c2cccc(C)n2)CCO3)c1. The van der Waals surface area contributed by atoms with Crippen molar-refractivity contribution < 1.29 is 23.7 Å². The van der Waals surface area contributed by atoms with E-state index in [1.165, 1.54) is 11.1 Å². The van der Waals surface area contributed by atoms with Gasteiger partial charge in [-0.1, -0.05) is 43.7 Å². The number of carbonyl (C=O) groups is 1. The van der Waals surface area contributed by atoms with Crippen LogP contribution in [0.3, 0.4) is 0 Å². The molecule has 9 nitrogen and oxygen atoms in total. The molecule has 0 unspecified atom stereocenters. The average Bonchev–Trinajstić information content (AvgIpc) is 3.05. The van der Waals surface area contributed by atoms with Crippen molar-refractivity contribution in [2.24, 2.45) is 0 Å². The van der Waals surface area contributed by atoms with Crippen LogP contribution in [0.5, 0.6) is 0 Å². The van der Waals surface area contributed by atoms with Crippen molar-refractivity contribution >= 4 is 11.7 Å². The number of methoxy groups -OCH3 is 2. The van der Waals surface area contributed by atoms with Gasteiger partial charge in [-0.3, -0.25) is 4.79 Å². The Kier molecular flexibility index (Phi) is 13.9. The summed E-state index contributed by atoms with van der Waals surface area (Å²) in [6, 6.07) is 15.1. The van der Waals surface area contributed by atoms with Gasteiger partial charge >= 0.3 is 0 Å². The third-order valence-corrected chi connectivity index (χ3v) is 8.95. The summed E-state index contributed by atoms with van der Waals surface area (Å²) in [6.45, 7) is 12.1. The number of hydrogen-bond acceptors (Lipinski definition) is 8. The lowest BCUT2D eigenvalue weighted by molar-refractivity contribution is -0.146. The Morgan fingerprint density at radius 3 is 2.52 bits per heavy atom. The highest BCUT2D eigenvalue weighted by atomic mass is 16.7. The minimum Gasteiger partial charge on any atom is -0.381 e. The predicted molar refractivity (Wildman–Crippen MR) is 174 cm³/mol. The molecule has 2 aromatic rings. The number of pyridine rings is 1. The summed E-state index contributed by atoms with van der Waals surface area (Å²) in [5, 5.41) is 0. The number of nitrogens with zero attached hydrogens (tertiary/aromatic N) is 4. The van der Waals surface area contributed by atoms with Gasteiger partial charge in [0.05, 0.1) is 38.4 Å².